The van der Waals surface area contributed by atoms with E-state index in [1.165, 1.54) is 0 Å². The molecule has 6 nitrogen and oxygen atoms in total. The van der Waals surface area contributed by atoms with Crippen molar-refractivity contribution in [2.24, 2.45) is 5.92 Å². The number of nitrogens with zero attached hydrogens (tertiary/aromatic N) is 1. The molecule has 0 fully saturated rings. The maximum absolute atomic E-state index is 13.4. The standard InChI is InChI=1S/C10H11ClFNO5S/c1-7(6-19(11,16)17)5-18-10-3-2-8(13(14)15)4-9(10)12/h2-4,7H,5-6H2,1H3. The Morgan fingerprint density at radius 3 is 2.63 bits per heavy atom. The van der Waals surface area contributed by atoms with E-state index in [1.54, 1.807) is 6.92 Å². The van der Waals surface area contributed by atoms with Crippen molar-refractivity contribution in [2.75, 3.05) is 12.4 Å². The van der Waals surface area contributed by atoms with Gasteiger partial charge in [0.2, 0.25) is 9.05 Å². The van der Waals surface area contributed by atoms with Crippen LogP contribution in [0.25, 0.3) is 0 Å². The van der Waals surface area contributed by atoms with E-state index in [-0.39, 0.29) is 23.8 Å². The number of nitro benzene ring substituents is 1. The largest absolute Gasteiger partial charge is 0.490 e. The number of ether oxygens (including phenoxy) is 1. The Morgan fingerprint density at radius 2 is 2.16 bits per heavy atom. The van der Waals surface area contributed by atoms with E-state index in [0.29, 0.717) is 0 Å². The molecule has 0 aliphatic rings. The molecule has 0 aromatic heterocycles. The first-order chi connectivity index (χ1) is 8.69. The van der Waals surface area contributed by atoms with E-state index < -0.39 is 25.7 Å². The molecule has 0 aliphatic heterocycles. The van der Waals surface area contributed by atoms with Gasteiger partial charge in [-0.2, -0.15) is 0 Å². The van der Waals surface area contributed by atoms with Gasteiger partial charge in [0.1, 0.15) is 0 Å². The van der Waals surface area contributed by atoms with Crippen molar-refractivity contribution >= 4 is 25.4 Å². The lowest BCUT2D eigenvalue weighted by molar-refractivity contribution is -0.385. The summed E-state index contributed by atoms with van der Waals surface area (Å²) >= 11 is 0. The number of nitro groups is 1. The van der Waals surface area contributed by atoms with E-state index in [1.807, 2.05) is 0 Å². The summed E-state index contributed by atoms with van der Waals surface area (Å²) in [6.07, 6.45) is 0. The van der Waals surface area contributed by atoms with Crippen LogP contribution in [0.4, 0.5) is 10.1 Å². The summed E-state index contributed by atoms with van der Waals surface area (Å²) in [6, 6.07) is 2.95. The van der Waals surface area contributed by atoms with Crippen LogP contribution in [0.5, 0.6) is 5.75 Å². The van der Waals surface area contributed by atoms with Crippen molar-refractivity contribution in [1.29, 1.82) is 0 Å². The van der Waals surface area contributed by atoms with Crippen molar-refractivity contribution in [3.05, 3.63) is 34.1 Å². The second-order valence-corrected chi connectivity index (χ2v) is 6.82. The van der Waals surface area contributed by atoms with Crippen LogP contribution in [-0.2, 0) is 9.05 Å². The van der Waals surface area contributed by atoms with E-state index >= 15 is 0 Å². The highest BCUT2D eigenvalue weighted by Crippen LogP contribution is 2.23. The highest BCUT2D eigenvalue weighted by molar-refractivity contribution is 8.13. The third-order valence-corrected chi connectivity index (χ3v) is 3.48. The highest BCUT2D eigenvalue weighted by Gasteiger charge is 2.16. The lowest BCUT2D eigenvalue weighted by atomic mass is 10.2. The summed E-state index contributed by atoms with van der Waals surface area (Å²) in [5.41, 5.74) is -0.388. The molecule has 1 unspecified atom stereocenters. The van der Waals surface area contributed by atoms with E-state index in [2.05, 4.69) is 0 Å². The molecule has 1 rings (SSSR count). The Bertz CT molecular complexity index is 577. The first-order valence-corrected chi connectivity index (χ1v) is 7.66. The minimum Gasteiger partial charge on any atom is -0.490 e. The maximum Gasteiger partial charge on any atom is 0.272 e. The van der Waals surface area contributed by atoms with E-state index in [9.17, 15) is 22.9 Å². The van der Waals surface area contributed by atoms with Crippen LogP contribution >= 0.6 is 10.7 Å². The molecule has 1 aromatic carbocycles. The van der Waals surface area contributed by atoms with Crippen molar-refractivity contribution in [2.45, 2.75) is 6.92 Å². The van der Waals surface area contributed by atoms with Crippen molar-refractivity contribution in [1.82, 2.24) is 0 Å². The fraction of sp³-hybridized carbons (Fsp3) is 0.400. The summed E-state index contributed by atoms with van der Waals surface area (Å²) < 4.78 is 40.1. The molecule has 0 aliphatic carbocycles. The molecule has 9 heteroatoms. The summed E-state index contributed by atoms with van der Waals surface area (Å²) in [6.45, 7) is 1.50. The first kappa shape index (κ1) is 15.6. The first-order valence-electron chi connectivity index (χ1n) is 5.18. The number of benzene rings is 1. The Balaban J connectivity index is 2.66. The molecule has 19 heavy (non-hydrogen) atoms. The lowest BCUT2D eigenvalue weighted by Crippen LogP contribution is -2.16. The van der Waals surface area contributed by atoms with Gasteiger partial charge in [-0.3, -0.25) is 10.1 Å². The smallest absolute Gasteiger partial charge is 0.272 e. The number of hydrogen-bond acceptors (Lipinski definition) is 5. The number of hydrogen-bond donors (Lipinski definition) is 0. The van der Waals surface area contributed by atoms with Crippen LogP contribution in [-0.4, -0.2) is 25.7 Å². The predicted molar refractivity (Wildman–Crippen MR) is 67.4 cm³/mol. The molecule has 0 N–H and O–H groups in total. The minimum absolute atomic E-state index is 0.0688. The summed E-state index contributed by atoms with van der Waals surface area (Å²) in [4.78, 5) is 9.68. The quantitative estimate of drug-likeness (QED) is 0.457. The zero-order valence-corrected chi connectivity index (χ0v) is 11.4. The predicted octanol–water partition coefficient (Wildman–Crippen LogP) is 2.32. The fourth-order valence-corrected chi connectivity index (χ4v) is 2.76. The number of rotatable bonds is 6. The zero-order chi connectivity index (χ0) is 14.6. The van der Waals surface area contributed by atoms with Crippen LogP contribution in [0.15, 0.2) is 18.2 Å². The average molecular weight is 312 g/mol. The van der Waals surface area contributed by atoms with Crippen molar-refractivity contribution in [3.63, 3.8) is 0 Å². The fourth-order valence-electron chi connectivity index (χ4n) is 1.34. The monoisotopic (exact) mass is 311 g/mol. The lowest BCUT2D eigenvalue weighted by Gasteiger charge is -2.11. The van der Waals surface area contributed by atoms with Crippen LogP contribution in [0.2, 0.25) is 0 Å². The van der Waals surface area contributed by atoms with Gasteiger partial charge in [0.25, 0.3) is 5.69 Å². The maximum atomic E-state index is 13.4. The molecule has 1 aromatic rings. The molecule has 0 saturated carbocycles. The second kappa shape index (κ2) is 6.16. The molecule has 0 heterocycles. The summed E-state index contributed by atoms with van der Waals surface area (Å²) in [5.74, 6) is -1.79. The molecule has 0 bridgehead atoms. The van der Waals surface area contributed by atoms with Crippen LogP contribution in [0, 0.1) is 21.8 Å². The van der Waals surface area contributed by atoms with Gasteiger partial charge >= 0.3 is 0 Å². The molecule has 1 atom stereocenters. The number of halogens is 2. The molecule has 0 spiro atoms. The van der Waals surface area contributed by atoms with Gasteiger partial charge in [0.15, 0.2) is 11.6 Å². The van der Waals surface area contributed by atoms with Crippen molar-refractivity contribution < 1.29 is 22.5 Å². The topological polar surface area (TPSA) is 86.5 Å². The van der Waals surface area contributed by atoms with Gasteiger partial charge in [-0.05, 0) is 6.07 Å². The van der Waals surface area contributed by atoms with E-state index in [4.69, 9.17) is 15.4 Å². The molecule has 106 valence electrons. The third-order valence-electron chi connectivity index (χ3n) is 2.13. The summed E-state index contributed by atoms with van der Waals surface area (Å²) in [7, 11) is 1.42. The Morgan fingerprint density at radius 1 is 1.53 bits per heavy atom. The minimum atomic E-state index is -3.65. The van der Waals surface area contributed by atoms with Gasteiger partial charge in [-0.25, -0.2) is 12.8 Å². The van der Waals surface area contributed by atoms with E-state index in [0.717, 1.165) is 18.2 Å². The van der Waals surface area contributed by atoms with Crippen LogP contribution in [0.3, 0.4) is 0 Å². The Kier molecular flexibility index (Phi) is 5.07. The highest BCUT2D eigenvalue weighted by atomic mass is 35.7. The molecule has 0 amide bonds. The van der Waals surface area contributed by atoms with Crippen LogP contribution < -0.4 is 4.74 Å². The molecular formula is C10H11ClFNO5S. The molecule has 0 radical (unpaired) electrons. The summed E-state index contributed by atoms with van der Waals surface area (Å²) in [5, 5.41) is 10.4. The van der Waals surface area contributed by atoms with Crippen molar-refractivity contribution in [3.8, 4) is 5.75 Å². The Hall–Kier alpha value is -1.41. The molecular weight excluding hydrogens is 301 g/mol. The van der Waals surface area contributed by atoms with Gasteiger partial charge in [0.05, 0.1) is 23.3 Å². The zero-order valence-electron chi connectivity index (χ0n) is 9.88. The average Bonchev–Trinajstić information content (AvgIpc) is 2.24. The number of non-ortho nitro benzene ring substituents is 1. The van der Waals surface area contributed by atoms with Crippen LogP contribution in [0.1, 0.15) is 6.92 Å². The third kappa shape index (κ3) is 5.39. The second-order valence-electron chi connectivity index (χ2n) is 3.99. The van der Waals surface area contributed by atoms with Gasteiger partial charge in [-0.1, -0.05) is 6.92 Å². The molecule has 0 saturated heterocycles. The SMILES string of the molecule is CC(COc1ccc([N+](=O)[O-])cc1F)CS(=O)(=O)Cl. The van der Waals surface area contributed by atoms with Gasteiger partial charge < -0.3 is 4.74 Å². The normalized spacial score (nSPS) is 13.0. The Labute approximate surface area is 113 Å². The van der Waals surface area contributed by atoms with Gasteiger partial charge in [0, 0.05) is 22.7 Å². The van der Waals surface area contributed by atoms with Gasteiger partial charge in [-0.15, -0.1) is 0 Å².